The number of ether oxygens (including phenoxy) is 1. The Kier molecular flexibility index (Phi) is 3.74. The molecule has 0 bridgehead atoms. The molecule has 1 unspecified atom stereocenters. The first-order valence-electron chi connectivity index (χ1n) is 8.58. The summed E-state index contributed by atoms with van der Waals surface area (Å²) in [6.07, 6.45) is 1.22. The summed E-state index contributed by atoms with van der Waals surface area (Å²) in [6.45, 7) is 0.482. The lowest BCUT2D eigenvalue weighted by Gasteiger charge is -2.32. The van der Waals surface area contributed by atoms with Gasteiger partial charge in [0.05, 0.1) is 24.8 Å². The molecule has 144 valence electrons. The van der Waals surface area contributed by atoms with Gasteiger partial charge in [-0.2, -0.15) is 13.9 Å². The molecule has 1 aliphatic rings. The molecule has 0 aromatic carbocycles. The summed E-state index contributed by atoms with van der Waals surface area (Å²) in [5, 5.41) is 11.9. The third kappa shape index (κ3) is 2.50. The first-order chi connectivity index (χ1) is 13.7. The number of alkyl halides is 2. The number of nitrogens with one attached hydrogen (secondary N) is 1. The Bertz CT molecular complexity index is 1140. The van der Waals surface area contributed by atoms with Gasteiger partial charge < -0.3 is 19.0 Å². The molecule has 0 fully saturated rings. The Morgan fingerprint density at radius 3 is 3.04 bits per heavy atom. The predicted octanol–water partition coefficient (Wildman–Crippen LogP) is 2.54. The molecule has 0 saturated carbocycles. The standard InChI is InChI=1S/C17H15F2N7O2/c1-27-12-3-2-5-26-11(12)7-10(24-26)14-13-9(20-8-21-13)4-6-25(14)17-23-22-16(28-17)15(18)19/h2-3,5,7-8,14-15H,4,6H2,1H3,(H,20,21). The van der Waals surface area contributed by atoms with Crippen LogP contribution in [0.15, 0.2) is 35.1 Å². The number of aromatic nitrogens is 6. The summed E-state index contributed by atoms with van der Waals surface area (Å²) in [4.78, 5) is 9.30. The molecular weight excluding hydrogens is 372 g/mol. The van der Waals surface area contributed by atoms with Crippen LogP contribution in [-0.2, 0) is 6.42 Å². The van der Waals surface area contributed by atoms with Crippen molar-refractivity contribution < 1.29 is 17.9 Å². The second-order valence-electron chi connectivity index (χ2n) is 6.31. The lowest BCUT2D eigenvalue weighted by atomic mass is 10.0. The highest BCUT2D eigenvalue weighted by Gasteiger charge is 2.36. The van der Waals surface area contributed by atoms with Crippen molar-refractivity contribution in [2.45, 2.75) is 18.9 Å². The van der Waals surface area contributed by atoms with Crippen molar-refractivity contribution in [2.75, 3.05) is 18.6 Å². The number of fused-ring (bicyclic) bond motifs is 2. The molecule has 0 aliphatic carbocycles. The van der Waals surface area contributed by atoms with E-state index in [-0.39, 0.29) is 6.01 Å². The van der Waals surface area contributed by atoms with E-state index in [1.807, 2.05) is 24.4 Å². The molecule has 28 heavy (non-hydrogen) atoms. The van der Waals surface area contributed by atoms with E-state index in [0.717, 1.165) is 16.9 Å². The maximum absolute atomic E-state index is 12.9. The summed E-state index contributed by atoms with van der Waals surface area (Å²) in [6, 6.07) is 5.09. The Morgan fingerprint density at radius 2 is 2.25 bits per heavy atom. The van der Waals surface area contributed by atoms with Gasteiger partial charge in [0.15, 0.2) is 0 Å². The number of nitrogens with zero attached hydrogens (tertiary/aromatic N) is 6. The van der Waals surface area contributed by atoms with Crippen LogP contribution in [0.2, 0.25) is 0 Å². The van der Waals surface area contributed by atoms with Gasteiger partial charge in [-0.1, -0.05) is 5.10 Å². The smallest absolute Gasteiger partial charge is 0.319 e. The monoisotopic (exact) mass is 387 g/mol. The van der Waals surface area contributed by atoms with Crippen molar-refractivity contribution in [3.63, 3.8) is 0 Å². The lowest BCUT2D eigenvalue weighted by molar-refractivity contribution is 0.115. The molecule has 11 heteroatoms. The Hall–Kier alpha value is -3.50. The zero-order valence-electron chi connectivity index (χ0n) is 14.7. The number of halogens is 2. The maximum atomic E-state index is 12.9. The van der Waals surface area contributed by atoms with E-state index in [2.05, 4.69) is 25.3 Å². The number of imidazole rings is 1. The molecule has 5 heterocycles. The molecule has 4 aromatic rings. The number of H-pyrrole nitrogens is 1. The SMILES string of the molecule is COc1cccn2nc(C3c4nc[nH]c4CCN3c3nnc(C(F)F)o3)cc12. The van der Waals surface area contributed by atoms with Crippen molar-refractivity contribution in [2.24, 2.45) is 0 Å². The number of aromatic amines is 1. The van der Waals surface area contributed by atoms with Crippen LogP contribution in [0.25, 0.3) is 5.52 Å². The quantitative estimate of drug-likeness (QED) is 0.575. The van der Waals surface area contributed by atoms with E-state index < -0.39 is 18.4 Å². The largest absolute Gasteiger partial charge is 0.494 e. The van der Waals surface area contributed by atoms with Gasteiger partial charge in [0.25, 0.3) is 5.89 Å². The van der Waals surface area contributed by atoms with Gasteiger partial charge in [0, 0.05) is 24.9 Å². The molecule has 1 atom stereocenters. The van der Waals surface area contributed by atoms with Crippen molar-refractivity contribution in [3.8, 4) is 5.75 Å². The lowest BCUT2D eigenvalue weighted by Crippen LogP contribution is -2.36. The fourth-order valence-electron chi connectivity index (χ4n) is 3.53. The van der Waals surface area contributed by atoms with Crippen LogP contribution in [-0.4, -0.2) is 43.4 Å². The van der Waals surface area contributed by atoms with Crippen LogP contribution < -0.4 is 9.64 Å². The molecule has 0 spiro atoms. The third-order valence-corrected chi connectivity index (χ3v) is 4.77. The van der Waals surface area contributed by atoms with Crippen LogP contribution in [0.4, 0.5) is 14.8 Å². The van der Waals surface area contributed by atoms with Crippen LogP contribution in [0.5, 0.6) is 5.75 Å². The number of pyridine rings is 1. The molecule has 0 amide bonds. The molecule has 9 nitrogen and oxygen atoms in total. The van der Waals surface area contributed by atoms with E-state index in [0.29, 0.717) is 24.4 Å². The van der Waals surface area contributed by atoms with Crippen molar-refractivity contribution in [1.82, 2.24) is 29.8 Å². The van der Waals surface area contributed by atoms with Crippen LogP contribution in [0, 0.1) is 0 Å². The highest BCUT2D eigenvalue weighted by molar-refractivity contribution is 5.61. The van der Waals surface area contributed by atoms with Gasteiger partial charge in [-0.15, -0.1) is 5.10 Å². The van der Waals surface area contributed by atoms with Crippen LogP contribution in [0.3, 0.4) is 0 Å². The average molecular weight is 387 g/mol. The number of hydrogen-bond acceptors (Lipinski definition) is 7. The van der Waals surface area contributed by atoms with E-state index in [9.17, 15) is 8.78 Å². The minimum absolute atomic E-state index is 0.0120. The Balaban J connectivity index is 1.64. The highest BCUT2D eigenvalue weighted by Crippen LogP contribution is 2.37. The van der Waals surface area contributed by atoms with E-state index in [1.54, 1.807) is 22.9 Å². The topological polar surface area (TPSA) is 97.4 Å². The highest BCUT2D eigenvalue weighted by atomic mass is 19.3. The molecule has 4 aromatic heterocycles. The number of rotatable bonds is 4. The molecule has 0 saturated heterocycles. The zero-order valence-corrected chi connectivity index (χ0v) is 14.7. The van der Waals surface area contributed by atoms with Gasteiger partial charge in [0.1, 0.15) is 17.3 Å². The van der Waals surface area contributed by atoms with Gasteiger partial charge in [-0.25, -0.2) is 9.50 Å². The second-order valence-corrected chi connectivity index (χ2v) is 6.31. The van der Waals surface area contributed by atoms with Gasteiger partial charge in [-0.3, -0.25) is 0 Å². The summed E-state index contributed by atoms with van der Waals surface area (Å²) in [7, 11) is 1.59. The van der Waals surface area contributed by atoms with Crippen molar-refractivity contribution >= 4 is 11.5 Å². The molecule has 0 radical (unpaired) electrons. The average Bonchev–Trinajstić information content (AvgIpc) is 3.44. The van der Waals surface area contributed by atoms with Crippen molar-refractivity contribution in [3.05, 3.63) is 53.7 Å². The van der Waals surface area contributed by atoms with Gasteiger partial charge in [0.2, 0.25) is 0 Å². The zero-order chi connectivity index (χ0) is 19.3. The minimum atomic E-state index is -2.83. The minimum Gasteiger partial charge on any atom is -0.494 e. The predicted molar refractivity (Wildman–Crippen MR) is 92.5 cm³/mol. The van der Waals surface area contributed by atoms with Crippen LogP contribution in [0.1, 0.15) is 35.4 Å². The summed E-state index contributed by atoms with van der Waals surface area (Å²) in [5.41, 5.74) is 3.14. The fourth-order valence-corrected chi connectivity index (χ4v) is 3.53. The molecular formula is C17H15F2N7O2. The fraction of sp³-hybridized carbons (Fsp3) is 0.294. The van der Waals surface area contributed by atoms with Gasteiger partial charge >= 0.3 is 12.4 Å². The Morgan fingerprint density at radius 1 is 1.36 bits per heavy atom. The second kappa shape index (κ2) is 6.29. The van der Waals surface area contributed by atoms with Crippen molar-refractivity contribution in [1.29, 1.82) is 0 Å². The number of anilines is 1. The van der Waals surface area contributed by atoms with Crippen LogP contribution >= 0.6 is 0 Å². The number of hydrogen-bond donors (Lipinski definition) is 1. The maximum Gasteiger partial charge on any atom is 0.319 e. The third-order valence-electron chi connectivity index (χ3n) is 4.77. The molecule has 5 rings (SSSR count). The van der Waals surface area contributed by atoms with E-state index in [4.69, 9.17) is 9.15 Å². The first-order valence-corrected chi connectivity index (χ1v) is 8.58. The summed E-state index contributed by atoms with van der Waals surface area (Å²) >= 11 is 0. The Labute approximate surface area is 157 Å². The molecule has 1 N–H and O–H groups in total. The normalized spacial score (nSPS) is 16.7. The summed E-state index contributed by atoms with van der Waals surface area (Å²) < 4.78 is 38.1. The van der Waals surface area contributed by atoms with E-state index in [1.165, 1.54) is 0 Å². The van der Waals surface area contributed by atoms with E-state index >= 15 is 0 Å². The van der Waals surface area contributed by atoms with Gasteiger partial charge in [-0.05, 0) is 18.2 Å². The first kappa shape index (κ1) is 16.7. The number of methoxy groups -OCH3 is 1. The summed E-state index contributed by atoms with van der Waals surface area (Å²) in [5.74, 6) is -0.0399. The molecule has 1 aliphatic heterocycles.